The maximum absolute atomic E-state index is 11.9. The quantitative estimate of drug-likeness (QED) is 0.204. The SMILES string of the molecule is CS(=O)(=O)c1ccc(-c2ccc(/C=C/c3nc(-c4ccc(Cl)cc4Cl)cn3CC3=CC=C(C(=O)ON)C=CC3)cc2)cc1. The maximum Gasteiger partial charge on any atom is 0.356 e. The number of sulfone groups is 1. The zero-order valence-electron chi connectivity index (χ0n) is 23.1. The van der Waals surface area contributed by atoms with Gasteiger partial charge < -0.3 is 9.40 Å². The fraction of sp³-hybridized carbons (Fsp3) is 0.0909. The van der Waals surface area contributed by atoms with Crippen LogP contribution >= 0.6 is 23.2 Å². The Morgan fingerprint density at radius 2 is 1.70 bits per heavy atom. The number of nitrogens with two attached hydrogens (primary N) is 1. The molecule has 1 aliphatic rings. The summed E-state index contributed by atoms with van der Waals surface area (Å²) in [5.74, 6) is 5.16. The summed E-state index contributed by atoms with van der Waals surface area (Å²) in [5.41, 5.74) is 5.72. The molecule has 10 heteroatoms. The Morgan fingerprint density at radius 1 is 1.00 bits per heavy atom. The van der Waals surface area contributed by atoms with Gasteiger partial charge in [-0.1, -0.05) is 83.9 Å². The summed E-state index contributed by atoms with van der Waals surface area (Å²) in [6.07, 6.45) is 14.8. The van der Waals surface area contributed by atoms with Crippen LogP contribution in [0, 0.1) is 0 Å². The van der Waals surface area contributed by atoms with Gasteiger partial charge in [0.15, 0.2) is 9.84 Å². The Balaban J connectivity index is 1.43. The smallest absolute Gasteiger partial charge is 0.356 e. The topological polar surface area (TPSA) is 104 Å². The van der Waals surface area contributed by atoms with E-state index >= 15 is 0 Å². The number of carbonyl (C=O) groups excluding carboxylic acids is 1. The van der Waals surface area contributed by atoms with E-state index in [0.29, 0.717) is 40.1 Å². The highest BCUT2D eigenvalue weighted by molar-refractivity contribution is 7.90. The first kappa shape index (κ1) is 30.3. The molecule has 4 aromatic rings. The minimum absolute atomic E-state index is 0.288. The van der Waals surface area contributed by atoms with Crippen molar-refractivity contribution in [3.63, 3.8) is 0 Å². The van der Waals surface area contributed by atoms with Crippen molar-refractivity contribution in [3.8, 4) is 22.4 Å². The van der Waals surface area contributed by atoms with Gasteiger partial charge in [-0.25, -0.2) is 18.2 Å². The fourth-order valence-corrected chi connectivity index (χ4v) is 5.71. The van der Waals surface area contributed by atoms with E-state index in [4.69, 9.17) is 34.1 Å². The zero-order chi connectivity index (χ0) is 30.6. The number of hydrogen-bond donors (Lipinski definition) is 1. The van der Waals surface area contributed by atoms with Crippen LogP contribution in [-0.4, -0.2) is 30.2 Å². The zero-order valence-corrected chi connectivity index (χ0v) is 25.4. The van der Waals surface area contributed by atoms with Crippen molar-refractivity contribution in [1.29, 1.82) is 0 Å². The Morgan fingerprint density at radius 3 is 2.35 bits per heavy atom. The van der Waals surface area contributed by atoms with Crippen LogP contribution in [0.25, 0.3) is 34.5 Å². The third-order valence-corrected chi connectivity index (χ3v) is 8.53. The van der Waals surface area contributed by atoms with Crippen LogP contribution in [0.3, 0.4) is 0 Å². The lowest BCUT2D eigenvalue weighted by molar-refractivity contribution is -0.139. The number of rotatable bonds is 8. The van der Waals surface area contributed by atoms with E-state index in [2.05, 4.69) is 4.84 Å². The number of hydrogen-bond acceptors (Lipinski definition) is 6. The molecule has 0 bridgehead atoms. The lowest BCUT2D eigenvalue weighted by Gasteiger charge is -2.08. The maximum atomic E-state index is 11.9. The molecule has 2 N–H and O–H groups in total. The second kappa shape index (κ2) is 13.0. The van der Waals surface area contributed by atoms with Gasteiger partial charge in [-0.2, -0.15) is 5.90 Å². The molecule has 43 heavy (non-hydrogen) atoms. The van der Waals surface area contributed by atoms with Crippen molar-refractivity contribution in [1.82, 2.24) is 9.55 Å². The molecular weight excluding hydrogens is 605 g/mol. The largest absolute Gasteiger partial charge is 0.370 e. The number of nitrogens with zero attached hydrogens (tertiary/aromatic N) is 2. The molecule has 1 heterocycles. The highest BCUT2D eigenvalue weighted by Gasteiger charge is 2.14. The number of imidazole rings is 1. The van der Waals surface area contributed by atoms with Crippen molar-refractivity contribution in [2.75, 3.05) is 6.26 Å². The second-order valence-corrected chi connectivity index (χ2v) is 12.8. The van der Waals surface area contributed by atoms with Gasteiger partial charge in [-0.3, -0.25) is 0 Å². The van der Waals surface area contributed by atoms with Gasteiger partial charge in [0.25, 0.3) is 0 Å². The summed E-state index contributed by atoms with van der Waals surface area (Å²) < 4.78 is 25.6. The molecule has 0 radical (unpaired) electrons. The molecule has 0 spiro atoms. The van der Waals surface area contributed by atoms with E-state index in [1.807, 2.05) is 65.4 Å². The molecule has 1 aliphatic carbocycles. The van der Waals surface area contributed by atoms with Gasteiger partial charge in [0.2, 0.25) is 0 Å². The van der Waals surface area contributed by atoms with Gasteiger partial charge >= 0.3 is 5.97 Å². The molecule has 0 aliphatic heterocycles. The fourth-order valence-electron chi connectivity index (χ4n) is 4.58. The predicted octanol–water partition coefficient (Wildman–Crippen LogP) is 7.33. The highest BCUT2D eigenvalue weighted by Crippen LogP contribution is 2.31. The molecule has 0 unspecified atom stereocenters. The van der Waals surface area contributed by atoms with Crippen LogP contribution in [0.4, 0.5) is 0 Å². The van der Waals surface area contributed by atoms with Gasteiger partial charge in [0.05, 0.1) is 21.2 Å². The summed E-state index contributed by atoms with van der Waals surface area (Å²) in [7, 11) is -3.25. The number of allylic oxidation sites excluding steroid dienone is 4. The van der Waals surface area contributed by atoms with Crippen LogP contribution in [0.15, 0.2) is 113 Å². The average Bonchev–Trinajstić information content (AvgIpc) is 3.23. The molecule has 0 saturated heterocycles. The lowest BCUT2D eigenvalue weighted by Crippen LogP contribution is -2.10. The third kappa shape index (κ3) is 7.42. The monoisotopic (exact) mass is 631 g/mol. The molecule has 7 nitrogen and oxygen atoms in total. The van der Waals surface area contributed by atoms with E-state index in [0.717, 1.165) is 27.8 Å². The summed E-state index contributed by atoms with van der Waals surface area (Å²) in [4.78, 5) is 21.4. The summed E-state index contributed by atoms with van der Waals surface area (Å²) in [6, 6.07) is 20.1. The van der Waals surface area contributed by atoms with E-state index in [1.54, 1.807) is 48.6 Å². The summed E-state index contributed by atoms with van der Waals surface area (Å²) in [5, 5.41) is 1.04. The standard InChI is InChI=1S/C33H27Cl2N3O4S/c1-43(40,41)28-15-12-25(13-16-28)24-9-5-22(6-10-24)8-18-32-37-31(29-17-14-27(34)19-30(29)35)21-38(32)20-23-3-2-4-26(11-7-23)33(39)42-36/h2,4-19,21H,3,20,36H2,1H3/b18-8+. The summed E-state index contributed by atoms with van der Waals surface area (Å²) in [6.45, 7) is 0.520. The third-order valence-electron chi connectivity index (χ3n) is 6.86. The van der Waals surface area contributed by atoms with Crippen molar-refractivity contribution in [3.05, 3.63) is 130 Å². The minimum Gasteiger partial charge on any atom is -0.370 e. The van der Waals surface area contributed by atoms with E-state index in [1.165, 1.54) is 6.26 Å². The van der Waals surface area contributed by atoms with Gasteiger partial charge in [-0.15, -0.1) is 0 Å². The average molecular weight is 633 g/mol. The van der Waals surface area contributed by atoms with Crippen LogP contribution in [0.2, 0.25) is 10.0 Å². The molecule has 1 aromatic heterocycles. The predicted molar refractivity (Wildman–Crippen MR) is 172 cm³/mol. The van der Waals surface area contributed by atoms with Crippen molar-refractivity contribution in [2.45, 2.75) is 17.9 Å². The first-order valence-electron chi connectivity index (χ1n) is 13.2. The molecule has 0 atom stereocenters. The Bertz CT molecular complexity index is 1900. The summed E-state index contributed by atoms with van der Waals surface area (Å²) >= 11 is 12.6. The second-order valence-electron chi connectivity index (χ2n) is 9.95. The molecular formula is C33H27Cl2N3O4S. The van der Waals surface area contributed by atoms with Crippen LogP contribution in [0.5, 0.6) is 0 Å². The Hall–Kier alpha value is -4.21. The van der Waals surface area contributed by atoms with Gasteiger partial charge in [-0.05, 0) is 71.2 Å². The lowest BCUT2D eigenvalue weighted by atomic mass is 10.0. The van der Waals surface area contributed by atoms with Crippen LogP contribution in [0.1, 0.15) is 17.8 Å². The molecule has 5 rings (SSSR count). The number of halogens is 2. The number of aromatic nitrogens is 2. The van der Waals surface area contributed by atoms with E-state index in [9.17, 15) is 13.2 Å². The van der Waals surface area contributed by atoms with Crippen molar-refractivity contribution < 1.29 is 18.0 Å². The Labute approximate surface area is 260 Å². The van der Waals surface area contributed by atoms with Gasteiger partial charge in [0, 0.05) is 29.6 Å². The van der Waals surface area contributed by atoms with E-state index in [-0.39, 0.29) is 4.90 Å². The highest BCUT2D eigenvalue weighted by atomic mass is 35.5. The number of carbonyl (C=O) groups is 1. The Kier molecular flexibility index (Phi) is 9.13. The first-order chi connectivity index (χ1) is 20.6. The van der Waals surface area contributed by atoms with Crippen LogP contribution in [-0.2, 0) is 26.0 Å². The minimum atomic E-state index is -3.25. The van der Waals surface area contributed by atoms with Crippen molar-refractivity contribution >= 4 is 51.2 Å². The molecule has 218 valence electrons. The van der Waals surface area contributed by atoms with Crippen molar-refractivity contribution in [2.24, 2.45) is 5.90 Å². The molecule has 0 saturated carbocycles. The molecule has 0 fully saturated rings. The number of benzene rings is 3. The van der Waals surface area contributed by atoms with E-state index < -0.39 is 15.8 Å². The first-order valence-corrected chi connectivity index (χ1v) is 15.8. The molecule has 0 amide bonds. The van der Waals surface area contributed by atoms with Gasteiger partial charge in [0.1, 0.15) is 5.82 Å². The van der Waals surface area contributed by atoms with Crippen LogP contribution < -0.4 is 5.90 Å². The molecule has 3 aromatic carbocycles. The normalized spacial score (nSPS) is 13.5.